The average Bonchev–Trinajstić information content (AvgIpc) is 2.40. The number of hydrogen-bond donors (Lipinski definition) is 1. The first-order valence-electron chi connectivity index (χ1n) is 6.67. The van der Waals surface area contributed by atoms with Gasteiger partial charge in [-0.1, -0.05) is 6.07 Å². The van der Waals surface area contributed by atoms with E-state index in [0.29, 0.717) is 12.4 Å². The Kier molecular flexibility index (Phi) is 4.30. The Morgan fingerprint density at radius 2 is 2.25 bits per heavy atom. The van der Waals surface area contributed by atoms with Crippen LogP contribution in [0.25, 0.3) is 0 Å². The summed E-state index contributed by atoms with van der Waals surface area (Å²) in [5.74, 6) is -0.568. The first-order valence-corrected chi connectivity index (χ1v) is 6.67. The molecule has 0 saturated carbocycles. The Hall–Kier alpha value is -1.59. The van der Waals surface area contributed by atoms with Crippen LogP contribution in [-0.4, -0.2) is 48.4 Å². The number of benzene rings is 1. The summed E-state index contributed by atoms with van der Waals surface area (Å²) < 4.78 is 10.7. The molecule has 20 heavy (non-hydrogen) atoms. The second kappa shape index (κ2) is 5.81. The van der Waals surface area contributed by atoms with Crippen molar-refractivity contribution in [2.45, 2.75) is 25.9 Å². The summed E-state index contributed by atoms with van der Waals surface area (Å²) in [7, 11) is 1.49. The molecule has 0 spiro atoms. The highest BCUT2D eigenvalue weighted by Gasteiger charge is 2.30. The maximum absolute atomic E-state index is 11.1. The van der Waals surface area contributed by atoms with Gasteiger partial charge < -0.3 is 14.6 Å². The summed E-state index contributed by atoms with van der Waals surface area (Å²) in [5, 5.41) is 9.09. The SMILES string of the molecule is COc1cc(CN2CCOCC2(C)C)ccc1C(=O)O. The summed E-state index contributed by atoms with van der Waals surface area (Å²) in [6.07, 6.45) is 0. The minimum atomic E-state index is -0.972. The van der Waals surface area contributed by atoms with Crippen molar-refractivity contribution >= 4 is 5.97 Å². The van der Waals surface area contributed by atoms with Crippen LogP contribution in [-0.2, 0) is 11.3 Å². The highest BCUT2D eigenvalue weighted by molar-refractivity contribution is 5.90. The molecule has 1 aromatic carbocycles. The molecule has 1 fully saturated rings. The number of morpholine rings is 1. The van der Waals surface area contributed by atoms with E-state index in [0.717, 1.165) is 25.3 Å². The van der Waals surface area contributed by atoms with Gasteiger partial charge in [0.25, 0.3) is 0 Å². The molecule has 0 aromatic heterocycles. The normalized spacial score (nSPS) is 18.8. The van der Waals surface area contributed by atoms with Gasteiger partial charge in [0, 0.05) is 18.6 Å². The second-order valence-electron chi connectivity index (χ2n) is 5.63. The maximum atomic E-state index is 11.1. The first kappa shape index (κ1) is 14.8. The number of nitrogens with zero attached hydrogens (tertiary/aromatic N) is 1. The zero-order valence-electron chi connectivity index (χ0n) is 12.2. The predicted molar refractivity (Wildman–Crippen MR) is 75.3 cm³/mol. The second-order valence-corrected chi connectivity index (χ2v) is 5.63. The minimum Gasteiger partial charge on any atom is -0.496 e. The number of aromatic carboxylic acids is 1. The van der Waals surface area contributed by atoms with Gasteiger partial charge >= 0.3 is 5.97 Å². The Morgan fingerprint density at radius 3 is 2.85 bits per heavy atom. The Labute approximate surface area is 119 Å². The Bertz CT molecular complexity index is 499. The number of ether oxygens (including phenoxy) is 2. The van der Waals surface area contributed by atoms with Crippen LogP contribution in [0.15, 0.2) is 18.2 Å². The van der Waals surface area contributed by atoms with Crippen molar-refractivity contribution in [2.75, 3.05) is 26.9 Å². The summed E-state index contributed by atoms with van der Waals surface area (Å²) in [6, 6.07) is 5.25. The molecule has 5 nitrogen and oxygen atoms in total. The lowest BCUT2D eigenvalue weighted by molar-refractivity contribution is -0.0552. The van der Waals surface area contributed by atoms with Gasteiger partial charge in [-0.2, -0.15) is 0 Å². The molecule has 5 heteroatoms. The fraction of sp³-hybridized carbons (Fsp3) is 0.533. The van der Waals surface area contributed by atoms with Crippen LogP contribution in [0.3, 0.4) is 0 Å². The number of carboxylic acid groups (broad SMARTS) is 1. The van der Waals surface area contributed by atoms with Crippen LogP contribution < -0.4 is 4.74 Å². The summed E-state index contributed by atoms with van der Waals surface area (Å²) >= 11 is 0. The Balaban J connectivity index is 2.19. The lowest BCUT2D eigenvalue weighted by Crippen LogP contribution is -2.52. The van der Waals surface area contributed by atoms with Crippen LogP contribution in [0.1, 0.15) is 29.8 Å². The minimum absolute atomic E-state index is 0.0169. The van der Waals surface area contributed by atoms with Crippen LogP contribution in [0, 0.1) is 0 Å². The van der Waals surface area contributed by atoms with Gasteiger partial charge in [-0.25, -0.2) is 4.79 Å². The fourth-order valence-corrected chi connectivity index (χ4v) is 2.41. The standard InChI is InChI=1S/C15H21NO4/c1-15(2)10-20-7-6-16(15)9-11-4-5-12(14(17)18)13(8-11)19-3/h4-5,8H,6-7,9-10H2,1-3H3,(H,17,18). The zero-order valence-corrected chi connectivity index (χ0v) is 12.2. The van der Waals surface area contributed by atoms with Gasteiger partial charge in [0.2, 0.25) is 0 Å². The quantitative estimate of drug-likeness (QED) is 0.913. The lowest BCUT2D eigenvalue weighted by Gasteiger charge is -2.42. The maximum Gasteiger partial charge on any atom is 0.339 e. The van der Waals surface area contributed by atoms with Crippen LogP contribution in [0.4, 0.5) is 0 Å². The molecule has 2 rings (SSSR count). The monoisotopic (exact) mass is 279 g/mol. The lowest BCUT2D eigenvalue weighted by atomic mass is 10.0. The van der Waals surface area contributed by atoms with Crippen molar-refractivity contribution in [3.63, 3.8) is 0 Å². The molecule has 1 aromatic rings. The van der Waals surface area contributed by atoms with Crippen molar-refractivity contribution in [3.8, 4) is 5.75 Å². The molecule has 0 unspecified atom stereocenters. The van der Waals surface area contributed by atoms with Crippen LogP contribution in [0.5, 0.6) is 5.75 Å². The van der Waals surface area contributed by atoms with E-state index in [1.807, 2.05) is 6.07 Å². The molecule has 1 saturated heterocycles. The van der Waals surface area contributed by atoms with Gasteiger partial charge in [-0.05, 0) is 31.5 Å². The van der Waals surface area contributed by atoms with Crippen molar-refractivity contribution in [2.24, 2.45) is 0 Å². The summed E-state index contributed by atoms with van der Waals surface area (Å²) in [5.41, 5.74) is 1.22. The van der Waals surface area contributed by atoms with Crippen molar-refractivity contribution < 1.29 is 19.4 Å². The number of carboxylic acids is 1. The van der Waals surface area contributed by atoms with E-state index < -0.39 is 5.97 Å². The van der Waals surface area contributed by atoms with Crippen molar-refractivity contribution in [1.29, 1.82) is 0 Å². The van der Waals surface area contributed by atoms with Gasteiger partial charge in [-0.3, -0.25) is 4.90 Å². The highest BCUT2D eigenvalue weighted by atomic mass is 16.5. The summed E-state index contributed by atoms with van der Waals surface area (Å²) in [6.45, 7) is 7.36. The van der Waals surface area contributed by atoms with E-state index in [4.69, 9.17) is 14.6 Å². The fourth-order valence-electron chi connectivity index (χ4n) is 2.41. The molecular formula is C15H21NO4. The van der Waals surface area contributed by atoms with E-state index in [9.17, 15) is 4.79 Å². The van der Waals surface area contributed by atoms with E-state index in [-0.39, 0.29) is 11.1 Å². The third kappa shape index (κ3) is 3.11. The van der Waals surface area contributed by atoms with E-state index in [2.05, 4.69) is 18.7 Å². The van der Waals surface area contributed by atoms with E-state index >= 15 is 0 Å². The number of carbonyl (C=O) groups is 1. The molecule has 0 bridgehead atoms. The first-order chi connectivity index (χ1) is 9.44. The molecule has 0 radical (unpaired) electrons. The molecule has 0 aliphatic carbocycles. The number of rotatable bonds is 4. The third-order valence-electron chi connectivity index (χ3n) is 3.69. The topological polar surface area (TPSA) is 59.0 Å². The smallest absolute Gasteiger partial charge is 0.339 e. The average molecular weight is 279 g/mol. The van der Waals surface area contributed by atoms with Crippen LogP contribution >= 0.6 is 0 Å². The van der Waals surface area contributed by atoms with Gasteiger partial charge in [0.05, 0.1) is 20.3 Å². The van der Waals surface area contributed by atoms with Crippen LogP contribution in [0.2, 0.25) is 0 Å². The molecule has 0 amide bonds. The molecule has 1 aliphatic heterocycles. The number of hydrogen-bond acceptors (Lipinski definition) is 4. The predicted octanol–water partition coefficient (Wildman–Crippen LogP) is 2.00. The summed E-state index contributed by atoms with van der Waals surface area (Å²) in [4.78, 5) is 13.4. The molecular weight excluding hydrogens is 258 g/mol. The number of methoxy groups -OCH3 is 1. The van der Waals surface area contributed by atoms with E-state index in [1.165, 1.54) is 7.11 Å². The highest BCUT2D eigenvalue weighted by Crippen LogP contribution is 2.25. The molecule has 1 heterocycles. The third-order valence-corrected chi connectivity index (χ3v) is 3.69. The molecule has 1 N–H and O–H groups in total. The largest absolute Gasteiger partial charge is 0.496 e. The van der Waals surface area contributed by atoms with Gasteiger partial charge in [0.15, 0.2) is 0 Å². The van der Waals surface area contributed by atoms with Crippen molar-refractivity contribution in [1.82, 2.24) is 4.90 Å². The molecule has 0 atom stereocenters. The zero-order chi connectivity index (χ0) is 14.8. The van der Waals surface area contributed by atoms with Crippen molar-refractivity contribution in [3.05, 3.63) is 29.3 Å². The molecule has 1 aliphatic rings. The molecule has 110 valence electrons. The van der Waals surface area contributed by atoms with Gasteiger partial charge in [-0.15, -0.1) is 0 Å². The van der Waals surface area contributed by atoms with E-state index in [1.54, 1.807) is 12.1 Å². The van der Waals surface area contributed by atoms with Gasteiger partial charge in [0.1, 0.15) is 11.3 Å². The Morgan fingerprint density at radius 1 is 1.50 bits per heavy atom.